The summed E-state index contributed by atoms with van der Waals surface area (Å²) in [6.07, 6.45) is 0. The normalized spacial score (nSPS) is 15.6. The first-order valence-electron chi connectivity index (χ1n) is 6.58. The van der Waals surface area contributed by atoms with Gasteiger partial charge in [-0.2, -0.15) is 0 Å². The summed E-state index contributed by atoms with van der Waals surface area (Å²) in [6, 6.07) is 9.45. The van der Waals surface area contributed by atoms with Crippen molar-refractivity contribution in [3.63, 3.8) is 0 Å². The van der Waals surface area contributed by atoms with Gasteiger partial charge >= 0.3 is 0 Å². The molecule has 4 nitrogen and oxygen atoms in total. The average Bonchev–Trinajstić information content (AvgIpc) is 3.12. The maximum atomic E-state index is 12.4. The number of carbonyl (C=O) groups excluding carboxylic acids is 1. The molecule has 1 amide bonds. The molecule has 2 heterocycles. The lowest BCUT2D eigenvalue weighted by Gasteiger charge is -2.11. The van der Waals surface area contributed by atoms with E-state index in [-0.39, 0.29) is 18.5 Å². The van der Waals surface area contributed by atoms with E-state index in [0.717, 1.165) is 16.9 Å². The predicted octanol–water partition coefficient (Wildman–Crippen LogP) is 1.92. The zero-order chi connectivity index (χ0) is 14.7. The first-order valence-corrected chi connectivity index (χ1v) is 7.46. The summed E-state index contributed by atoms with van der Waals surface area (Å²) in [5, 5.41) is 4.86. The highest BCUT2D eigenvalue weighted by Gasteiger charge is 2.26. The van der Waals surface area contributed by atoms with Gasteiger partial charge in [-0.3, -0.25) is 4.79 Å². The minimum Gasteiger partial charge on any atom is -0.491 e. The van der Waals surface area contributed by atoms with Crippen molar-refractivity contribution >= 4 is 17.2 Å². The fourth-order valence-electron chi connectivity index (χ4n) is 2.24. The summed E-state index contributed by atoms with van der Waals surface area (Å²) >= 11 is 1.38. The van der Waals surface area contributed by atoms with Gasteiger partial charge in [0.2, 0.25) is 0 Å². The molecule has 106 valence electrons. The summed E-state index contributed by atoms with van der Waals surface area (Å²) in [5.74, 6) is 6.40. The van der Waals surface area contributed by atoms with Crippen LogP contribution in [0.1, 0.15) is 26.8 Å². The lowest BCUT2D eigenvalue weighted by molar-refractivity contribution is 0.0934. The first kappa shape index (κ1) is 13.7. The summed E-state index contributed by atoms with van der Waals surface area (Å²) in [4.78, 5) is 13.0. The van der Waals surface area contributed by atoms with Crippen molar-refractivity contribution < 1.29 is 9.53 Å². The highest BCUT2D eigenvalue weighted by Crippen LogP contribution is 2.32. The SMILES string of the molecule is NCC#Cc1ccsc1C(=O)NC1COc2ccccc21. The van der Waals surface area contributed by atoms with Crippen LogP contribution in [-0.2, 0) is 0 Å². The summed E-state index contributed by atoms with van der Waals surface area (Å²) in [6.45, 7) is 0.737. The molecule has 0 saturated heterocycles. The number of hydrogen-bond acceptors (Lipinski definition) is 4. The highest BCUT2D eigenvalue weighted by molar-refractivity contribution is 7.12. The number of nitrogens with one attached hydrogen (secondary N) is 1. The van der Waals surface area contributed by atoms with Crippen molar-refractivity contribution in [1.29, 1.82) is 0 Å². The van der Waals surface area contributed by atoms with E-state index >= 15 is 0 Å². The monoisotopic (exact) mass is 298 g/mol. The highest BCUT2D eigenvalue weighted by atomic mass is 32.1. The molecule has 1 aliphatic rings. The van der Waals surface area contributed by atoms with Crippen molar-refractivity contribution in [1.82, 2.24) is 5.32 Å². The van der Waals surface area contributed by atoms with E-state index in [2.05, 4.69) is 17.2 Å². The van der Waals surface area contributed by atoms with Gasteiger partial charge in [0, 0.05) is 11.1 Å². The van der Waals surface area contributed by atoms with Crippen molar-refractivity contribution in [3.05, 3.63) is 51.7 Å². The number of amides is 1. The standard InChI is InChI=1S/C16H14N2O2S/c17-8-3-4-11-7-9-21-15(11)16(19)18-13-10-20-14-6-2-1-5-12(13)14/h1-2,5-7,9,13H,8,10,17H2,(H,18,19). The van der Waals surface area contributed by atoms with Crippen LogP contribution < -0.4 is 15.8 Å². The molecule has 21 heavy (non-hydrogen) atoms. The minimum absolute atomic E-state index is 0.119. The predicted molar refractivity (Wildman–Crippen MR) is 82.4 cm³/mol. The molecule has 3 rings (SSSR count). The van der Waals surface area contributed by atoms with Gasteiger partial charge in [0.25, 0.3) is 5.91 Å². The second-order valence-corrected chi connectivity index (χ2v) is 5.46. The zero-order valence-electron chi connectivity index (χ0n) is 11.3. The van der Waals surface area contributed by atoms with Crippen molar-refractivity contribution in [2.75, 3.05) is 13.2 Å². The van der Waals surface area contributed by atoms with E-state index in [1.807, 2.05) is 35.7 Å². The molecule has 1 aromatic heterocycles. The Hall–Kier alpha value is -2.29. The molecule has 1 unspecified atom stereocenters. The maximum absolute atomic E-state index is 12.4. The lowest BCUT2D eigenvalue weighted by Crippen LogP contribution is -2.29. The molecule has 0 aliphatic carbocycles. The van der Waals surface area contributed by atoms with Gasteiger partial charge in [-0.1, -0.05) is 30.0 Å². The molecular formula is C16H14N2O2S. The van der Waals surface area contributed by atoms with Crippen LogP contribution in [0.15, 0.2) is 35.7 Å². The third-order valence-corrected chi connectivity index (χ3v) is 4.12. The maximum Gasteiger partial charge on any atom is 0.263 e. The molecular weight excluding hydrogens is 284 g/mol. The topological polar surface area (TPSA) is 64.4 Å². The van der Waals surface area contributed by atoms with Crippen molar-refractivity contribution in [3.8, 4) is 17.6 Å². The lowest BCUT2D eigenvalue weighted by atomic mass is 10.1. The van der Waals surface area contributed by atoms with Crippen LogP contribution in [0.25, 0.3) is 0 Å². The Morgan fingerprint density at radius 3 is 3.14 bits per heavy atom. The Labute approximate surface area is 126 Å². The quantitative estimate of drug-likeness (QED) is 0.833. The fraction of sp³-hybridized carbons (Fsp3) is 0.188. The van der Waals surface area contributed by atoms with Crippen molar-refractivity contribution in [2.24, 2.45) is 5.73 Å². The molecule has 0 fully saturated rings. The van der Waals surface area contributed by atoms with Crippen LogP contribution in [0.2, 0.25) is 0 Å². The Morgan fingerprint density at radius 2 is 2.29 bits per heavy atom. The Balaban J connectivity index is 1.78. The smallest absolute Gasteiger partial charge is 0.263 e. The van der Waals surface area contributed by atoms with Crippen LogP contribution >= 0.6 is 11.3 Å². The molecule has 2 aromatic rings. The second kappa shape index (κ2) is 6.00. The number of benzene rings is 1. The van der Waals surface area contributed by atoms with Gasteiger partial charge in [0.1, 0.15) is 17.2 Å². The van der Waals surface area contributed by atoms with Gasteiger partial charge in [0.05, 0.1) is 12.6 Å². The third-order valence-electron chi connectivity index (χ3n) is 3.20. The molecule has 0 saturated carbocycles. The van der Waals surface area contributed by atoms with Gasteiger partial charge in [-0.05, 0) is 17.5 Å². The van der Waals surface area contributed by atoms with Crippen LogP contribution in [-0.4, -0.2) is 19.1 Å². The summed E-state index contributed by atoms with van der Waals surface area (Å²) in [7, 11) is 0. The number of carbonyl (C=O) groups is 1. The zero-order valence-corrected chi connectivity index (χ0v) is 12.1. The van der Waals surface area contributed by atoms with Crippen LogP contribution in [0, 0.1) is 11.8 Å². The molecule has 1 atom stereocenters. The van der Waals surface area contributed by atoms with Crippen molar-refractivity contribution in [2.45, 2.75) is 6.04 Å². The second-order valence-electron chi connectivity index (χ2n) is 4.54. The molecule has 3 N–H and O–H groups in total. The van der Waals surface area contributed by atoms with Gasteiger partial charge in [-0.15, -0.1) is 11.3 Å². The summed E-state index contributed by atoms with van der Waals surface area (Å²) in [5.41, 5.74) is 7.10. The van der Waals surface area contributed by atoms with E-state index in [4.69, 9.17) is 10.5 Å². The van der Waals surface area contributed by atoms with Crippen LogP contribution in [0.3, 0.4) is 0 Å². The number of nitrogens with two attached hydrogens (primary N) is 1. The Kier molecular flexibility index (Phi) is 3.91. The molecule has 0 bridgehead atoms. The van der Waals surface area contributed by atoms with Gasteiger partial charge < -0.3 is 15.8 Å². The summed E-state index contributed by atoms with van der Waals surface area (Å²) < 4.78 is 5.57. The Morgan fingerprint density at radius 1 is 1.43 bits per heavy atom. The third kappa shape index (κ3) is 2.77. The van der Waals surface area contributed by atoms with E-state index in [9.17, 15) is 4.79 Å². The van der Waals surface area contributed by atoms with E-state index in [0.29, 0.717) is 11.5 Å². The minimum atomic E-state index is -0.128. The number of para-hydroxylation sites is 1. The van der Waals surface area contributed by atoms with Crippen LogP contribution in [0.5, 0.6) is 5.75 Å². The number of fused-ring (bicyclic) bond motifs is 1. The Bertz CT molecular complexity index is 727. The number of rotatable bonds is 2. The number of thiophene rings is 1. The number of hydrogen-bond donors (Lipinski definition) is 2. The van der Waals surface area contributed by atoms with Crippen LogP contribution in [0.4, 0.5) is 0 Å². The molecule has 0 radical (unpaired) electrons. The fourth-order valence-corrected chi connectivity index (χ4v) is 2.99. The number of ether oxygens (including phenoxy) is 1. The average molecular weight is 298 g/mol. The van der Waals surface area contributed by atoms with Gasteiger partial charge in [0.15, 0.2) is 0 Å². The van der Waals surface area contributed by atoms with E-state index in [1.54, 1.807) is 0 Å². The molecule has 1 aromatic carbocycles. The molecule has 1 aliphatic heterocycles. The first-order chi connectivity index (χ1) is 10.3. The van der Waals surface area contributed by atoms with E-state index < -0.39 is 0 Å². The molecule has 0 spiro atoms. The molecule has 5 heteroatoms. The largest absolute Gasteiger partial charge is 0.491 e. The van der Waals surface area contributed by atoms with E-state index in [1.165, 1.54) is 11.3 Å². The van der Waals surface area contributed by atoms with Gasteiger partial charge in [-0.25, -0.2) is 0 Å².